The van der Waals surface area contributed by atoms with Crippen molar-refractivity contribution in [1.29, 1.82) is 0 Å². The van der Waals surface area contributed by atoms with Crippen LogP contribution in [0.3, 0.4) is 0 Å². The van der Waals surface area contributed by atoms with Gasteiger partial charge in [-0.05, 0) is 51.1 Å². The van der Waals surface area contributed by atoms with E-state index in [1.807, 2.05) is 6.92 Å². The molecular weight excluding hydrogens is 425 g/mol. The Balaban J connectivity index is 1.59. The standard InChI is InChI=1S/C25H22FN3O4/c1-4-28-24(31)20-11-6-5-10-19(20)23(27-28)25(32)33-14-22(30)21-12-15(2)29(16(21)3)18-9-7-8-17(26)13-18/h5-13H,4,14H2,1-3H3. The number of rotatable bonds is 6. The Kier molecular flexibility index (Phi) is 5.91. The van der Waals surface area contributed by atoms with Gasteiger partial charge in [0.2, 0.25) is 5.78 Å². The number of benzene rings is 2. The Morgan fingerprint density at radius 1 is 1.03 bits per heavy atom. The number of halogens is 1. The highest BCUT2D eigenvalue weighted by atomic mass is 19.1. The molecule has 0 aliphatic rings. The van der Waals surface area contributed by atoms with Crippen LogP contribution in [0.15, 0.2) is 59.4 Å². The second-order valence-corrected chi connectivity index (χ2v) is 7.61. The fourth-order valence-corrected chi connectivity index (χ4v) is 3.94. The molecule has 4 rings (SSSR count). The third-order valence-corrected chi connectivity index (χ3v) is 5.49. The molecule has 33 heavy (non-hydrogen) atoms. The number of fused-ring (bicyclic) bond motifs is 1. The summed E-state index contributed by atoms with van der Waals surface area (Å²) in [6.07, 6.45) is 0. The van der Waals surface area contributed by atoms with E-state index in [2.05, 4.69) is 5.10 Å². The highest BCUT2D eigenvalue weighted by molar-refractivity contribution is 6.04. The van der Waals surface area contributed by atoms with E-state index in [0.29, 0.717) is 27.7 Å². The molecule has 4 aromatic rings. The number of carbonyl (C=O) groups is 2. The Hall–Kier alpha value is -4.07. The van der Waals surface area contributed by atoms with Crippen molar-refractivity contribution in [2.24, 2.45) is 0 Å². The van der Waals surface area contributed by atoms with Gasteiger partial charge in [-0.2, -0.15) is 5.10 Å². The molecule has 7 nitrogen and oxygen atoms in total. The molecular formula is C25H22FN3O4. The van der Waals surface area contributed by atoms with E-state index in [9.17, 15) is 18.8 Å². The molecule has 0 N–H and O–H groups in total. The minimum Gasteiger partial charge on any atom is -0.452 e. The van der Waals surface area contributed by atoms with Crippen LogP contribution in [0.4, 0.5) is 4.39 Å². The number of hydrogen-bond acceptors (Lipinski definition) is 5. The number of aryl methyl sites for hydroxylation is 2. The minimum atomic E-state index is -0.791. The molecule has 168 valence electrons. The molecule has 0 aliphatic carbocycles. The van der Waals surface area contributed by atoms with E-state index in [1.54, 1.807) is 60.9 Å². The van der Waals surface area contributed by atoms with Gasteiger partial charge < -0.3 is 9.30 Å². The summed E-state index contributed by atoms with van der Waals surface area (Å²) in [5.74, 6) is -1.57. The number of hydrogen-bond donors (Lipinski definition) is 0. The van der Waals surface area contributed by atoms with Crippen molar-refractivity contribution >= 4 is 22.5 Å². The molecule has 0 spiro atoms. The van der Waals surface area contributed by atoms with Crippen molar-refractivity contribution in [3.63, 3.8) is 0 Å². The molecule has 2 aromatic carbocycles. The van der Waals surface area contributed by atoms with Crippen molar-refractivity contribution in [3.05, 3.63) is 93.4 Å². The van der Waals surface area contributed by atoms with Gasteiger partial charge >= 0.3 is 5.97 Å². The van der Waals surface area contributed by atoms with Gasteiger partial charge in [0, 0.05) is 34.6 Å². The summed E-state index contributed by atoms with van der Waals surface area (Å²) in [7, 11) is 0. The van der Waals surface area contributed by atoms with Crippen LogP contribution in [0.25, 0.3) is 16.5 Å². The third kappa shape index (κ3) is 4.07. The lowest BCUT2D eigenvalue weighted by Crippen LogP contribution is -2.26. The third-order valence-electron chi connectivity index (χ3n) is 5.49. The molecule has 0 bridgehead atoms. The van der Waals surface area contributed by atoms with Crippen LogP contribution in [0.5, 0.6) is 0 Å². The molecule has 0 atom stereocenters. The molecule has 0 radical (unpaired) electrons. The largest absolute Gasteiger partial charge is 0.452 e. The molecule has 0 saturated carbocycles. The van der Waals surface area contributed by atoms with Crippen molar-refractivity contribution in [2.75, 3.05) is 6.61 Å². The number of aromatic nitrogens is 3. The SMILES string of the molecule is CCn1nc(C(=O)OCC(=O)c2cc(C)n(-c3cccc(F)c3)c2C)c2ccccc2c1=O. The summed E-state index contributed by atoms with van der Waals surface area (Å²) in [4.78, 5) is 38.1. The lowest BCUT2D eigenvalue weighted by atomic mass is 10.1. The van der Waals surface area contributed by atoms with E-state index in [4.69, 9.17) is 4.74 Å². The molecule has 0 saturated heterocycles. The summed E-state index contributed by atoms with van der Waals surface area (Å²) in [5.41, 5.74) is 2.01. The smallest absolute Gasteiger partial charge is 0.359 e. The first-order chi connectivity index (χ1) is 15.8. The predicted molar refractivity (Wildman–Crippen MR) is 121 cm³/mol. The number of ketones is 1. The van der Waals surface area contributed by atoms with Gasteiger partial charge in [0.25, 0.3) is 5.56 Å². The van der Waals surface area contributed by atoms with Gasteiger partial charge in [0.1, 0.15) is 5.82 Å². The number of esters is 1. The van der Waals surface area contributed by atoms with Crippen LogP contribution in [-0.2, 0) is 11.3 Å². The maximum Gasteiger partial charge on any atom is 0.359 e. The molecule has 0 unspecified atom stereocenters. The van der Waals surface area contributed by atoms with Crippen LogP contribution in [-0.4, -0.2) is 32.7 Å². The van der Waals surface area contributed by atoms with E-state index in [-0.39, 0.29) is 23.6 Å². The van der Waals surface area contributed by atoms with Gasteiger partial charge in [0.15, 0.2) is 12.3 Å². The number of carbonyl (C=O) groups excluding carboxylic acids is 2. The fourth-order valence-electron chi connectivity index (χ4n) is 3.94. The Morgan fingerprint density at radius 2 is 1.76 bits per heavy atom. The maximum atomic E-state index is 13.7. The van der Waals surface area contributed by atoms with Crippen molar-refractivity contribution in [2.45, 2.75) is 27.3 Å². The van der Waals surface area contributed by atoms with Crippen molar-refractivity contribution in [1.82, 2.24) is 14.3 Å². The van der Waals surface area contributed by atoms with Crippen molar-refractivity contribution < 1.29 is 18.7 Å². The lowest BCUT2D eigenvalue weighted by molar-refractivity contribution is 0.0468. The fraction of sp³-hybridized carbons (Fsp3) is 0.200. The quantitative estimate of drug-likeness (QED) is 0.330. The topological polar surface area (TPSA) is 83.2 Å². The summed E-state index contributed by atoms with van der Waals surface area (Å²) in [5, 5.41) is 4.85. The Morgan fingerprint density at radius 3 is 2.45 bits per heavy atom. The molecule has 0 amide bonds. The number of nitrogens with zero attached hydrogens (tertiary/aromatic N) is 3. The first-order valence-corrected chi connectivity index (χ1v) is 10.5. The van der Waals surface area contributed by atoms with E-state index >= 15 is 0 Å². The number of ether oxygens (including phenoxy) is 1. The van der Waals surface area contributed by atoms with E-state index in [1.165, 1.54) is 16.8 Å². The zero-order valence-electron chi connectivity index (χ0n) is 18.5. The van der Waals surface area contributed by atoms with Crippen molar-refractivity contribution in [3.8, 4) is 5.69 Å². The van der Waals surface area contributed by atoms with E-state index in [0.717, 1.165) is 5.69 Å². The average molecular weight is 447 g/mol. The molecule has 0 aliphatic heterocycles. The molecule has 2 heterocycles. The van der Waals surface area contributed by atoms with E-state index < -0.39 is 18.4 Å². The van der Waals surface area contributed by atoms with Crippen LogP contribution in [0.1, 0.15) is 39.2 Å². The maximum absolute atomic E-state index is 13.7. The predicted octanol–water partition coefficient (Wildman–Crippen LogP) is 4.00. The van der Waals surface area contributed by atoms with Gasteiger partial charge in [-0.3, -0.25) is 9.59 Å². The number of Topliss-reactive ketones (excluding diaryl/α,β-unsaturated/α-hetero) is 1. The monoisotopic (exact) mass is 447 g/mol. The molecule has 8 heteroatoms. The van der Waals surface area contributed by atoms with Crippen LogP contribution >= 0.6 is 0 Å². The van der Waals surface area contributed by atoms with Gasteiger partial charge in [-0.25, -0.2) is 13.9 Å². The second-order valence-electron chi connectivity index (χ2n) is 7.61. The average Bonchev–Trinajstić information content (AvgIpc) is 3.11. The van der Waals surface area contributed by atoms with Gasteiger partial charge in [-0.15, -0.1) is 0 Å². The van der Waals surface area contributed by atoms with Gasteiger partial charge in [0.05, 0.1) is 5.39 Å². The van der Waals surface area contributed by atoms with Gasteiger partial charge in [-0.1, -0.05) is 24.3 Å². The van der Waals surface area contributed by atoms with Crippen LogP contribution in [0.2, 0.25) is 0 Å². The summed E-state index contributed by atoms with van der Waals surface area (Å²) < 4.78 is 21.9. The molecule has 2 aromatic heterocycles. The van der Waals surface area contributed by atoms with Crippen LogP contribution < -0.4 is 5.56 Å². The summed E-state index contributed by atoms with van der Waals surface area (Å²) in [6, 6.07) is 14.4. The zero-order chi connectivity index (χ0) is 23.7. The normalized spacial score (nSPS) is 11.0. The summed E-state index contributed by atoms with van der Waals surface area (Å²) in [6.45, 7) is 5.10. The summed E-state index contributed by atoms with van der Waals surface area (Å²) >= 11 is 0. The highest BCUT2D eigenvalue weighted by Crippen LogP contribution is 2.22. The Bertz CT molecular complexity index is 1450. The minimum absolute atomic E-state index is 0.0231. The lowest BCUT2D eigenvalue weighted by Gasteiger charge is -2.11. The zero-order valence-corrected chi connectivity index (χ0v) is 18.5. The first-order valence-electron chi connectivity index (χ1n) is 10.5. The molecule has 0 fully saturated rings. The Labute approximate surface area is 189 Å². The second kappa shape index (κ2) is 8.82. The highest BCUT2D eigenvalue weighted by Gasteiger charge is 2.21. The first kappa shape index (κ1) is 22.1. The van der Waals surface area contributed by atoms with Crippen LogP contribution in [0, 0.1) is 19.7 Å².